The van der Waals surface area contributed by atoms with Gasteiger partial charge in [-0.2, -0.15) is 4.31 Å². The zero-order valence-electron chi connectivity index (χ0n) is 17.7. The fourth-order valence-corrected chi connectivity index (χ4v) is 7.77. The van der Waals surface area contributed by atoms with E-state index in [4.69, 9.17) is 0 Å². The molecule has 0 saturated carbocycles. The van der Waals surface area contributed by atoms with Crippen molar-refractivity contribution in [3.8, 4) is 0 Å². The van der Waals surface area contributed by atoms with Crippen LogP contribution in [-0.2, 0) is 25.5 Å². The monoisotopic (exact) mass is 459 g/mol. The van der Waals surface area contributed by atoms with Crippen LogP contribution in [0, 0.1) is 6.92 Å². The van der Waals surface area contributed by atoms with E-state index < -0.39 is 31.6 Å². The Kier molecular flexibility index (Phi) is 4.35. The molecule has 0 amide bonds. The minimum atomic E-state index is -3.68. The van der Waals surface area contributed by atoms with Crippen molar-refractivity contribution in [3.63, 3.8) is 0 Å². The normalized spacial score (nSPS) is 25.8. The third kappa shape index (κ3) is 2.79. The summed E-state index contributed by atoms with van der Waals surface area (Å²) in [5, 5.41) is 0. The summed E-state index contributed by atoms with van der Waals surface area (Å²) in [6, 6.07) is 14.8. The molecule has 0 bridgehead atoms. The number of aryl methyl sites for hydroxylation is 1. The number of hydrogen-bond acceptors (Lipinski definition) is 5. The summed E-state index contributed by atoms with van der Waals surface area (Å²) in [7, 11) is -5.31. The van der Waals surface area contributed by atoms with Gasteiger partial charge in [0.25, 0.3) is 0 Å². The Bertz CT molecular complexity index is 1300. The van der Waals surface area contributed by atoms with Crippen LogP contribution in [0.15, 0.2) is 65.2 Å². The van der Waals surface area contributed by atoms with E-state index in [9.17, 15) is 16.8 Å². The molecule has 0 aromatic heterocycles. The standard InChI is InChI=1S/C22H25N3O4S2/c1-16-8-10-18(11-9-16)31(28,29)24-13-12-22-17(14-24)15-25(30(3,26)27)21(22)23(2)20-7-5-4-6-19(20)22/h4-11,15,21H,12-14H2,1-3H3/t21-,22+/m1/s1. The third-order valence-electron chi connectivity index (χ3n) is 6.81. The molecule has 3 aliphatic rings. The Hall–Kier alpha value is -2.36. The maximum Gasteiger partial charge on any atom is 0.243 e. The van der Waals surface area contributed by atoms with Gasteiger partial charge in [0.1, 0.15) is 6.17 Å². The fourth-order valence-electron chi connectivity index (χ4n) is 5.34. The summed E-state index contributed by atoms with van der Waals surface area (Å²) < 4.78 is 54.9. The van der Waals surface area contributed by atoms with Crippen molar-refractivity contribution in [2.24, 2.45) is 0 Å². The van der Waals surface area contributed by atoms with Crippen LogP contribution < -0.4 is 4.90 Å². The molecular formula is C22H25N3O4S2. The van der Waals surface area contributed by atoms with Crippen molar-refractivity contribution in [2.75, 3.05) is 31.3 Å². The van der Waals surface area contributed by atoms with Crippen molar-refractivity contribution >= 4 is 25.7 Å². The quantitative estimate of drug-likeness (QED) is 0.704. The highest BCUT2D eigenvalue weighted by molar-refractivity contribution is 7.89. The Balaban J connectivity index is 1.60. The van der Waals surface area contributed by atoms with Crippen LogP contribution in [0.1, 0.15) is 17.5 Å². The first-order chi connectivity index (χ1) is 14.6. The number of piperidine rings is 1. The van der Waals surface area contributed by atoms with Crippen LogP contribution in [0.5, 0.6) is 0 Å². The average Bonchev–Trinajstić information content (AvgIpc) is 3.19. The van der Waals surface area contributed by atoms with E-state index in [1.165, 1.54) is 14.9 Å². The van der Waals surface area contributed by atoms with Gasteiger partial charge in [0.05, 0.1) is 16.6 Å². The molecule has 5 rings (SSSR count). The molecule has 1 fully saturated rings. The molecule has 164 valence electrons. The second-order valence-electron chi connectivity index (χ2n) is 8.62. The third-order valence-corrected chi connectivity index (χ3v) is 9.74. The number of rotatable bonds is 3. The van der Waals surface area contributed by atoms with E-state index in [-0.39, 0.29) is 11.4 Å². The number of fused-ring (bicyclic) bond motifs is 1. The number of anilines is 1. The van der Waals surface area contributed by atoms with Gasteiger partial charge in [-0.05, 0) is 42.7 Å². The molecule has 0 aliphatic carbocycles. The number of likely N-dealkylation sites (N-methyl/N-ethyl adjacent to an activating group) is 1. The van der Waals surface area contributed by atoms with Crippen LogP contribution in [0.4, 0.5) is 5.69 Å². The Morgan fingerprint density at radius 3 is 2.35 bits per heavy atom. The molecule has 1 spiro atoms. The molecule has 1 saturated heterocycles. The summed E-state index contributed by atoms with van der Waals surface area (Å²) in [4.78, 5) is 2.26. The van der Waals surface area contributed by atoms with Gasteiger partial charge < -0.3 is 4.90 Å². The molecule has 9 heteroatoms. The van der Waals surface area contributed by atoms with E-state index in [0.717, 1.165) is 22.4 Å². The molecule has 3 aliphatic heterocycles. The summed E-state index contributed by atoms with van der Waals surface area (Å²) in [6.07, 6.45) is 2.96. The van der Waals surface area contributed by atoms with Gasteiger partial charge in [-0.15, -0.1) is 0 Å². The number of sulfonamides is 2. The van der Waals surface area contributed by atoms with E-state index in [2.05, 4.69) is 0 Å². The molecular weight excluding hydrogens is 434 g/mol. The highest BCUT2D eigenvalue weighted by Crippen LogP contribution is 2.57. The highest BCUT2D eigenvalue weighted by atomic mass is 32.2. The van der Waals surface area contributed by atoms with Gasteiger partial charge >= 0.3 is 0 Å². The lowest BCUT2D eigenvalue weighted by Crippen LogP contribution is -2.55. The Labute approximate surface area is 183 Å². The van der Waals surface area contributed by atoms with E-state index >= 15 is 0 Å². The molecule has 0 radical (unpaired) electrons. The molecule has 2 aromatic carbocycles. The fraction of sp³-hybridized carbons (Fsp3) is 0.364. The molecule has 3 heterocycles. The Morgan fingerprint density at radius 1 is 1.00 bits per heavy atom. The molecule has 31 heavy (non-hydrogen) atoms. The van der Waals surface area contributed by atoms with Gasteiger partial charge in [-0.1, -0.05) is 35.9 Å². The van der Waals surface area contributed by atoms with Crippen molar-refractivity contribution in [3.05, 3.63) is 71.4 Å². The zero-order chi connectivity index (χ0) is 22.2. The summed E-state index contributed by atoms with van der Waals surface area (Å²) in [5.41, 5.74) is 3.32. The lowest BCUT2D eigenvalue weighted by molar-refractivity contribution is 0.254. The predicted molar refractivity (Wildman–Crippen MR) is 120 cm³/mol. The Morgan fingerprint density at radius 2 is 1.68 bits per heavy atom. The number of para-hydroxylation sites is 1. The van der Waals surface area contributed by atoms with Gasteiger partial charge in [-0.25, -0.2) is 16.8 Å². The minimum Gasteiger partial charge on any atom is -0.352 e. The van der Waals surface area contributed by atoms with E-state index in [1.54, 1.807) is 30.5 Å². The maximum absolute atomic E-state index is 13.3. The summed E-state index contributed by atoms with van der Waals surface area (Å²) in [6.45, 7) is 2.41. The van der Waals surface area contributed by atoms with E-state index in [1.807, 2.05) is 43.1 Å². The number of hydrogen-bond donors (Lipinski definition) is 0. The van der Waals surface area contributed by atoms with Crippen LogP contribution in [-0.4, -0.2) is 58.0 Å². The van der Waals surface area contributed by atoms with Crippen LogP contribution in [0.25, 0.3) is 0 Å². The van der Waals surface area contributed by atoms with Crippen molar-refractivity contribution in [1.29, 1.82) is 0 Å². The first-order valence-corrected chi connectivity index (χ1v) is 13.4. The first kappa shape index (κ1) is 20.5. The molecule has 2 aromatic rings. The van der Waals surface area contributed by atoms with Gasteiger partial charge in [0.2, 0.25) is 20.0 Å². The lowest BCUT2D eigenvalue weighted by atomic mass is 9.71. The summed E-state index contributed by atoms with van der Waals surface area (Å²) >= 11 is 0. The lowest BCUT2D eigenvalue weighted by Gasteiger charge is -2.42. The summed E-state index contributed by atoms with van der Waals surface area (Å²) in [5.74, 6) is 0. The molecule has 0 N–H and O–H groups in total. The largest absolute Gasteiger partial charge is 0.352 e. The second kappa shape index (κ2) is 6.57. The SMILES string of the molecule is Cc1ccc(S(=O)(=O)N2CC[C@@]34C(=CN(S(C)(=O)=O)[C@H]3N(C)c3ccccc34)C2)cc1. The molecule has 7 nitrogen and oxygen atoms in total. The van der Waals surface area contributed by atoms with Gasteiger partial charge in [0.15, 0.2) is 0 Å². The minimum absolute atomic E-state index is 0.168. The van der Waals surface area contributed by atoms with Gasteiger partial charge in [-0.3, -0.25) is 4.31 Å². The second-order valence-corrected chi connectivity index (χ2v) is 12.4. The van der Waals surface area contributed by atoms with Crippen LogP contribution in [0.3, 0.4) is 0 Å². The van der Waals surface area contributed by atoms with Crippen LogP contribution in [0.2, 0.25) is 0 Å². The van der Waals surface area contributed by atoms with Crippen molar-refractivity contribution < 1.29 is 16.8 Å². The smallest absolute Gasteiger partial charge is 0.243 e. The van der Waals surface area contributed by atoms with Crippen molar-refractivity contribution in [1.82, 2.24) is 8.61 Å². The van der Waals surface area contributed by atoms with E-state index in [0.29, 0.717) is 13.0 Å². The van der Waals surface area contributed by atoms with Gasteiger partial charge in [0, 0.05) is 32.0 Å². The predicted octanol–water partition coefficient (Wildman–Crippen LogP) is 2.26. The topological polar surface area (TPSA) is 78.0 Å². The zero-order valence-corrected chi connectivity index (χ0v) is 19.3. The number of nitrogens with zero attached hydrogens (tertiary/aromatic N) is 3. The molecule has 0 unspecified atom stereocenters. The van der Waals surface area contributed by atoms with Crippen molar-refractivity contribution in [2.45, 2.75) is 29.8 Å². The average molecular weight is 460 g/mol. The molecule has 2 atom stereocenters. The number of benzene rings is 2. The van der Waals surface area contributed by atoms with Crippen LogP contribution >= 0.6 is 0 Å². The maximum atomic E-state index is 13.3. The first-order valence-electron chi connectivity index (χ1n) is 10.2. The highest BCUT2D eigenvalue weighted by Gasteiger charge is 2.61.